The Kier molecular flexibility index (Phi) is 5.55. The van der Waals surface area contributed by atoms with Crippen LogP contribution in [0.25, 0.3) is 0 Å². The van der Waals surface area contributed by atoms with E-state index in [0.29, 0.717) is 30.4 Å². The third kappa shape index (κ3) is 3.80. The molecule has 6 heteroatoms. The number of carboxylic acid groups (broad SMARTS) is 1. The summed E-state index contributed by atoms with van der Waals surface area (Å²) >= 11 is 1.69. The highest BCUT2D eigenvalue weighted by atomic mass is 32.2. The molecule has 2 rings (SSSR count). The quantitative estimate of drug-likeness (QED) is 0.860. The molecule has 1 aliphatic rings. The van der Waals surface area contributed by atoms with Gasteiger partial charge in [-0.1, -0.05) is 12.1 Å². The first-order chi connectivity index (χ1) is 9.72. The summed E-state index contributed by atoms with van der Waals surface area (Å²) in [5.74, 6) is 2.24. The number of hydrogen-bond donors (Lipinski definition) is 1. The number of carbonyl (C=O) groups is 1. The molecule has 1 aliphatic heterocycles. The molecule has 1 atom stereocenters. The Labute approximate surface area is 122 Å². The number of aliphatic carboxylic acids is 1. The zero-order chi connectivity index (χ0) is 14.4. The van der Waals surface area contributed by atoms with Crippen LogP contribution in [0.4, 0.5) is 0 Å². The van der Waals surface area contributed by atoms with Crippen LogP contribution in [-0.2, 0) is 4.79 Å². The molecule has 1 saturated heterocycles. The Bertz CT molecular complexity index is 455. The SMILES string of the molecule is COc1ccccc1OCCN1CCSCC1C(=O)O. The second-order valence-corrected chi connectivity index (χ2v) is 5.61. The fourth-order valence-corrected chi connectivity index (χ4v) is 3.25. The Morgan fingerprint density at radius 3 is 2.90 bits per heavy atom. The highest BCUT2D eigenvalue weighted by Gasteiger charge is 2.28. The topological polar surface area (TPSA) is 59.0 Å². The van der Waals surface area contributed by atoms with Crippen LogP contribution in [0.5, 0.6) is 11.5 Å². The van der Waals surface area contributed by atoms with Gasteiger partial charge in [0.05, 0.1) is 7.11 Å². The molecule has 0 aliphatic carbocycles. The van der Waals surface area contributed by atoms with E-state index in [9.17, 15) is 9.90 Å². The van der Waals surface area contributed by atoms with Crippen molar-refractivity contribution >= 4 is 17.7 Å². The summed E-state index contributed by atoms with van der Waals surface area (Å²) < 4.78 is 10.9. The third-order valence-corrected chi connectivity index (χ3v) is 4.25. The lowest BCUT2D eigenvalue weighted by Crippen LogP contribution is -2.48. The first kappa shape index (κ1) is 15.0. The molecule has 0 spiro atoms. The predicted octanol–water partition coefficient (Wildman–Crippen LogP) is 1.58. The van der Waals surface area contributed by atoms with E-state index < -0.39 is 12.0 Å². The van der Waals surface area contributed by atoms with Gasteiger partial charge in [-0.25, -0.2) is 0 Å². The summed E-state index contributed by atoms with van der Waals surface area (Å²) in [7, 11) is 1.60. The van der Waals surface area contributed by atoms with E-state index in [4.69, 9.17) is 9.47 Å². The first-order valence-electron chi connectivity index (χ1n) is 6.53. The molecule has 1 heterocycles. The molecule has 1 N–H and O–H groups in total. The molecule has 0 radical (unpaired) electrons. The number of thioether (sulfide) groups is 1. The zero-order valence-corrected chi connectivity index (χ0v) is 12.3. The van der Waals surface area contributed by atoms with Crippen LogP contribution in [0, 0.1) is 0 Å². The van der Waals surface area contributed by atoms with Gasteiger partial charge in [-0.05, 0) is 12.1 Å². The highest BCUT2D eigenvalue weighted by molar-refractivity contribution is 7.99. The minimum atomic E-state index is -0.755. The maximum atomic E-state index is 11.2. The number of nitrogens with zero attached hydrogens (tertiary/aromatic N) is 1. The van der Waals surface area contributed by atoms with Crippen molar-refractivity contribution in [3.8, 4) is 11.5 Å². The average molecular weight is 297 g/mol. The summed E-state index contributed by atoms with van der Waals surface area (Å²) in [6, 6.07) is 7.05. The minimum Gasteiger partial charge on any atom is -0.493 e. The summed E-state index contributed by atoms with van der Waals surface area (Å²) in [5, 5.41) is 9.19. The van der Waals surface area contributed by atoms with E-state index in [1.54, 1.807) is 18.9 Å². The van der Waals surface area contributed by atoms with Crippen molar-refractivity contribution in [2.45, 2.75) is 6.04 Å². The lowest BCUT2D eigenvalue weighted by atomic mass is 10.2. The zero-order valence-electron chi connectivity index (χ0n) is 11.4. The second-order valence-electron chi connectivity index (χ2n) is 4.46. The number of para-hydroxylation sites is 2. The van der Waals surface area contributed by atoms with E-state index in [-0.39, 0.29) is 0 Å². The number of carboxylic acids is 1. The van der Waals surface area contributed by atoms with Gasteiger partial charge in [0, 0.05) is 24.6 Å². The Hall–Kier alpha value is -1.40. The van der Waals surface area contributed by atoms with E-state index >= 15 is 0 Å². The Morgan fingerprint density at radius 1 is 1.45 bits per heavy atom. The molecule has 110 valence electrons. The van der Waals surface area contributed by atoms with E-state index in [0.717, 1.165) is 12.3 Å². The number of hydrogen-bond acceptors (Lipinski definition) is 5. The van der Waals surface area contributed by atoms with Crippen molar-refractivity contribution in [2.75, 3.05) is 38.3 Å². The minimum absolute atomic E-state index is 0.407. The van der Waals surface area contributed by atoms with Crippen LogP contribution in [0.2, 0.25) is 0 Å². The van der Waals surface area contributed by atoms with Crippen LogP contribution in [0.1, 0.15) is 0 Å². The Morgan fingerprint density at radius 2 is 2.20 bits per heavy atom. The van der Waals surface area contributed by atoms with Gasteiger partial charge >= 0.3 is 5.97 Å². The fourth-order valence-electron chi connectivity index (χ4n) is 2.14. The van der Waals surface area contributed by atoms with Gasteiger partial charge in [-0.2, -0.15) is 11.8 Å². The molecule has 20 heavy (non-hydrogen) atoms. The van der Waals surface area contributed by atoms with Crippen molar-refractivity contribution in [3.63, 3.8) is 0 Å². The number of rotatable bonds is 6. The van der Waals surface area contributed by atoms with Gasteiger partial charge in [0.1, 0.15) is 12.6 Å². The van der Waals surface area contributed by atoms with Crippen molar-refractivity contribution in [2.24, 2.45) is 0 Å². The number of ether oxygens (including phenoxy) is 2. The average Bonchev–Trinajstić information content (AvgIpc) is 2.48. The van der Waals surface area contributed by atoms with Crippen LogP contribution >= 0.6 is 11.8 Å². The molecule has 0 amide bonds. The van der Waals surface area contributed by atoms with Crippen LogP contribution < -0.4 is 9.47 Å². The summed E-state index contributed by atoms with van der Waals surface area (Å²) in [4.78, 5) is 13.1. The van der Waals surface area contributed by atoms with Crippen LogP contribution in [0.3, 0.4) is 0 Å². The van der Waals surface area contributed by atoms with Gasteiger partial charge in [0.2, 0.25) is 0 Å². The summed E-state index contributed by atoms with van der Waals surface area (Å²) in [6.45, 7) is 1.85. The fraction of sp³-hybridized carbons (Fsp3) is 0.500. The lowest BCUT2D eigenvalue weighted by Gasteiger charge is -2.32. The predicted molar refractivity (Wildman–Crippen MR) is 78.8 cm³/mol. The number of benzene rings is 1. The van der Waals surface area contributed by atoms with E-state index in [1.165, 1.54) is 0 Å². The van der Waals surface area contributed by atoms with Crippen LogP contribution in [0.15, 0.2) is 24.3 Å². The first-order valence-corrected chi connectivity index (χ1v) is 7.68. The van der Waals surface area contributed by atoms with Crippen molar-refractivity contribution < 1.29 is 19.4 Å². The van der Waals surface area contributed by atoms with Gasteiger partial charge in [0.15, 0.2) is 11.5 Å². The van der Waals surface area contributed by atoms with E-state index in [2.05, 4.69) is 0 Å². The molecular weight excluding hydrogens is 278 g/mol. The summed E-state index contributed by atoms with van der Waals surface area (Å²) in [6.07, 6.45) is 0. The van der Waals surface area contributed by atoms with E-state index in [1.807, 2.05) is 29.2 Å². The normalized spacial score (nSPS) is 19.6. The lowest BCUT2D eigenvalue weighted by molar-refractivity contribution is -0.142. The molecular formula is C14H19NO4S. The molecule has 1 fully saturated rings. The summed E-state index contributed by atoms with van der Waals surface area (Å²) in [5.41, 5.74) is 0. The van der Waals surface area contributed by atoms with Gasteiger partial charge < -0.3 is 14.6 Å². The van der Waals surface area contributed by atoms with Gasteiger partial charge in [-0.3, -0.25) is 9.69 Å². The van der Waals surface area contributed by atoms with Gasteiger partial charge in [-0.15, -0.1) is 0 Å². The highest BCUT2D eigenvalue weighted by Crippen LogP contribution is 2.25. The van der Waals surface area contributed by atoms with Gasteiger partial charge in [0.25, 0.3) is 0 Å². The second kappa shape index (κ2) is 7.40. The molecule has 1 aromatic rings. The van der Waals surface area contributed by atoms with Crippen molar-refractivity contribution in [3.05, 3.63) is 24.3 Å². The van der Waals surface area contributed by atoms with Crippen molar-refractivity contribution in [1.82, 2.24) is 4.90 Å². The Balaban J connectivity index is 1.86. The molecule has 5 nitrogen and oxygen atoms in total. The largest absolute Gasteiger partial charge is 0.493 e. The van der Waals surface area contributed by atoms with Crippen molar-refractivity contribution in [1.29, 1.82) is 0 Å². The molecule has 0 bridgehead atoms. The standard InChI is InChI=1S/C14H19NO4S/c1-18-12-4-2-3-5-13(12)19-8-6-15-7-9-20-10-11(15)14(16)17/h2-5,11H,6-10H2,1H3,(H,16,17). The molecule has 0 saturated carbocycles. The van der Waals surface area contributed by atoms with Crippen LogP contribution in [-0.4, -0.2) is 60.3 Å². The maximum absolute atomic E-state index is 11.2. The molecule has 1 aromatic carbocycles. The smallest absolute Gasteiger partial charge is 0.321 e. The monoisotopic (exact) mass is 297 g/mol. The number of methoxy groups -OCH3 is 1. The third-order valence-electron chi connectivity index (χ3n) is 3.23. The molecule has 0 aromatic heterocycles. The maximum Gasteiger partial charge on any atom is 0.321 e. The molecule has 1 unspecified atom stereocenters.